The lowest BCUT2D eigenvalue weighted by molar-refractivity contribution is -0.134. The number of benzene rings is 2. The maximum atomic E-state index is 12.1. The fourth-order valence-electron chi connectivity index (χ4n) is 3.14. The first kappa shape index (κ1) is 24.3. The number of unbranched alkanes of at least 4 members (excludes halogenated alkanes) is 5. The summed E-state index contributed by atoms with van der Waals surface area (Å²) in [5, 5.41) is -0.626. The van der Waals surface area contributed by atoms with E-state index in [4.69, 9.17) is 21.1 Å². The van der Waals surface area contributed by atoms with Crippen molar-refractivity contribution in [3.05, 3.63) is 48.5 Å². The minimum atomic E-state index is -0.626. The van der Waals surface area contributed by atoms with Gasteiger partial charge in [-0.2, -0.15) is 0 Å². The second-order valence-electron chi connectivity index (χ2n) is 7.87. The van der Waals surface area contributed by atoms with Crippen molar-refractivity contribution >= 4 is 17.6 Å². The van der Waals surface area contributed by atoms with Crippen LogP contribution in [0.3, 0.4) is 0 Å². The number of carbonyl (C=O) groups excluding carboxylic acids is 1. The van der Waals surface area contributed by atoms with E-state index in [2.05, 4.69) is 19.1 Å². The smallest absolute Gasteiger partial charge is 0.329 e. The van der Waals surface area contributed by atoms with Gasteiger partial charge in [0, 0.05) is 0 Å². The van der Waals surface area contributed by atoms with Gasteiger partial charge in [-0.05, 0) is 47.7 Å². The predicted molar refractivity (Wildman–Crippen MR) is 125 cm³/mol. The lowest BCUT2D eigenvalue weighted by Gasteiger charge is -2.15. The van der Waals surface area contributed by atoms with Crippen molar-refractivity contribution < 1.29 is 14.3 Å². The van der Waals surface area contributed by atoms with Crippen molar-refractivity contribution in [3.8, 4) is 22.6 Å². The highest BCUT2D eigenvalue weighted by atomic mass is 35.5. The standard InChI is InChI=1S/C26H35ClO3/c1-4-6-7-8-9-10-19-29-23-15-11-21(12-16-23)22-13-17-24(18-14-22)30-26(28)25(27)20(3)5-2/h11-18,20,25H,4-10,19H2,1-3H3/t20-,25-/m0/s1. The maximum absolute atomic E-state index is 12.1. The lowest BCUT2D eigenvalue weighted by Crippen LogP contribution is -2.26. The highest BCUT2D eigenvalue weighted by molar-refractivity contribution is 6.30. The van der Waals surface area contributed by atoms with Crippen molar-refractivity contribution in [1.82, 2.24) is 0 Å². The van der Waals surface area contributed by atoms with Gasteiger partial charge >= 0.3 is 5.97 Å². The first-order chi connectivity index (χ1) is 14.5. The Morgan fingerprint density at radius 2 is 1.37 bits per heavy atom. The molecule has 4 heteroatoms. The molecule has 2 aromatic carbocycles. The Morgan fingerprint density at radius 3 is 1.93 bits per heavy atom. The average Bonchev–Trinajstić information content (AvgIpc) is 2.78. The van der Waals surface area contributed by atoms with Gasteiger partial charge in [-0.1, -0.05) is 83.6 Å². The van der Waals surface area contributed by atoms with E-state index in [9.17, 15) is 4.79 Å². The first-order valence-corrected chi connectivity index (χ1v) is 11.7. The molecule has 0 heterocycles. The third kappa shape index (κ3) is 8.02. The Hall–Kier alpha value is -2.00. The van der Waals surface area contributed by atoms with E-state index in [0.29, 0.717) is 5.75 Å². The summed E-state index contributed by atoms with van der Waals surface area (Å²) in [4.78, 5) is 12.1. The molecule has 0 N–H and O–H groups in total. The highest BCUT2D eigenvalue weighted by Crippen LogP contribution is 2.26. The van der Waals surface area contributed by atoms with Crippen LogP contribution in [-0.2, 0) is 4.79 Å². The number of rotatable bonds is 13. The quantitative estimate of drug-likeness (QED) is 0.142. The highest BCUT2D eigenvalue weighted by Gasteiger charge is 2.23. The molecule has 0 aliphatic carbocycles. The molecule has 2 rings (SSSR count). The zero-order chi connectivity index (χ0) is 21.8. The summed E-state index contributed by atoms with van der Waals surface area (Å²) >= 11 is 6.16. The summed E-state index contributed by atoms with van der Waals surface area (Å²) < 4.78 is 11.3. The first-order valence-electron chi connectivity index (χ1n) is 11.2. The third-order valence-electron chi connectivity index (χ3n) is 5.40. The number of esters is 1. The van der Waals surface area contributed by atoms with E-state index >= 15 is 0 Å². The van der Waals surface area contributed by atoms with Gasteiger partial charge in [0.05, 0.1) is 6.61 Å². The van der Waals surface area contributed by atoms with Gasteiger partial charge in [0.15, 0.2) is 0 Å². The molecule has 0 fully saturated rings. The Labute approximate surface area is 186 Å². The summed E-state index contributed by atoms with van der Waals surface area (Å²) in [6.45, 7) is 6.96. The summed E-state index contributed by atoms with van der Waals surface area (Å²) in [6, 6.07) is 15.6. The number of alkyl halides is 1. The van der Waals surface area contributed by atoms with E-state index in [1.807, 2.05) is 38.1 Å². The SMILES string of the molecule is CCCCCCCCOc1ccc(-c2ccc(OC(=O)[C@@H](Cl)[C@@H](C)CC)cc2)cc1. The minimum Gasteiger partial charge on any atom is -0.494 e. The fourth-order valence-corrected chi connectivity index (χ4v) is 3.37. The largest absolute Gasteiger partial charge is 0.494 e. The van der Waals surface area contributed by atoms with E-state index in [-0.39, 0.29) is 5.92 Å². The molecule has 3 nitrogen and oxygen atoms in total. The summed E-state index contributed by atoms with van der Waals surface area (Å²) in [6.07, 6.45) is 8.40. The Balaban J connectivity index is 1.81. The van der Waals surface area contributed by atoms with Gasteiger partial charge in [0.1, 0.15) is 16.9 Å². The van der Waals surface area contributed by atoms with Gasteiger partial charge in [-0.15, -0.1) is 11.6 Å². The molecule has 0 saturated carbocycles. The van der Waals surface area contributed by atoms with Crippen molar-refractivity contribution in [1.29, 1.82) is 0 Å². The molecule has 0 aliphatic rings. The molecule has 0 aliphatic heterocycles. The van der Waals surface area contributed by atoms with E-state index < -0.39 is 11.3 Å². The summed E-state index contributed by atoms with van der Waals surface area (Å²) in [5.41, 5.74) is 2.15. The molecule has 0 bridgehead atoms. The maximum Gasteiger partial charge on any atom is 0.329 e. The van der Waals surface area contributed by atoms with Gasteiger partial charge in [0.2, 0.25) is 0 Å². The van der Waals surface area contributed by atoms with Crippen LogP contribution in [0.4, 0.5) is 0 Å². The molecule has 2 aromatic rings. The number of carbonyl (C=O) groups is 1. The second kappa shape index (κ2) is 13.3. The molecule has 0 radical (unpaired) electrons. The summed E-state index contributed by atoms with van der Waals surface area (Å²) in [7, 11) is 0. The number of halogens is 1. The number of hydrogen-bond donors (Lipinski definition) is 0. The van der Waals surface area contributed by atoms with Crippen LogP contribution in [0.2, 0.25) is 0 Å². The average molecular weight is 431 g/mol. The van der Waals surface area contributed by atoms with Crippen molar-refractivity contribution in [2.75, 3.05) is 6.61 Å². The normalized spacial score (nSPS) is 12.9. The van der Waals surface area contributed by atoms with Crippen molar-refractivity contribution in [3.63, 3.8) is 0 Å². The topological polar surface area (TPSA) is 35.5 Å². The molecular weight excluding hydrogens is 396 g/mol. The second-order valence-corrected chi connectivity index (χ2v) is 8.34. The van der Waals surface area contributed by atoms with Crippen molar-refractivity contribution in [2.24, 2.45) is 5.92 Å². The minimum absolute atomic E-state index is 0.0835. The molecule has 0 amide bonds. The van der Waals surface area contributed by atoms with Crippen LogP contribution in [0, 0.1) is 5.92 Å². The lowest BCUT2D eigenvalue weighted by atomic mass is 10.0. The molecule has 0 unspecified atom stereocenters. The van der Waals surface area contributed by atoms with E-state index in [1.54, 1.807) is 12.1 Å². The molecule has 0 saturated heterocycles. The van der Waals surface area contributed by atoms with E-state index in [1.165, 1.54) is 32.1 Å². The van der Waals surface area contributed by atoms with Crippen LogP contribution in [0.15, 0.2) is 48.5 Å². The zero-order valence-corrected chi connectivity index (χ0v) is 19.3. The van der Waals surface area contributed by atoms with Crippen LogP contribution in [0.5, 0.6) is 11.5 Å². The van der Waals surface area contributed by atoms with Gasteiger partial charge in [-0.3, -0.25) is 4.79 Å². The summed E-state index contributed by atoms with van der Waals surface area (Å²) in [5.74, 6) is 1.10. The van der Waals surface area contributed by atoms with Gasteiger partial charge in [0.25, 0.3) is 0 Å². The van der Waals surface area contributed by atoms with Gasteiger partial charge < -0.3 is 9.47 Å². The molecule has 164 valence electrons. The number of ether oxygens (including phenoxy) is 2. The molecule has 0 spiro atoms. The van der Waals surface area contributed by atoms with Crippen LogP contribution in [0.1, 0.15) is 65.7 Å². The van der Waals surface area contributed by atoms with E-state index in [0.717, 1.165) is 36.3 Å². The Bertz CT molecular complexity index is 740. The zero-order valence-electron chi connectivity index (χ0n) is 18.5. The third-order valence-corrected chi connectivity index (χ3v) is 6.00. The fraction of sp³-hybridized carbons (Fsp3) is 0.500. The Morgan fingerprint density at radius 1 is 0.833 bits per heavy atom. The Kier molecular flexibility index (Phi) is 10.8. The molecular formula is C26H35ClO3. The van der Waals surface area contributed by atoms with Crippen molar-refractivity contribution in [2.45, 2.75) is 71.1 Å². The predicted octanol–water partition coefficient (Wildman–Crippen LogP) is 7.65. The van der Waals surface area contributed by atoms with Crippen LogP contribution in [-0.4, -0.2) is 18.0 Å². The molecule has 2 atom stereocenters. The van der Waals surface area contributed by atoms with Crippen LogP contribution < -0.4 is 9.47 Å². The van der Waals surface area contributed by atoms with Gasteiger partial charge in [-0.25, -0.2) is 0 Å². The monoisotopic (exact) mass is 430 g/mol. The molecule has 0 aromatic heterocycles. The van der Waals surface area contributed by atoms with Crippen LogP contribution in [0.25, 0.3) is 11.1 Å². The number of hydrogen-bond acceptors (Lipinski definition) is 3. The van der Waals surface area contributed by atoms with Crippen LogP contribution >= 0.6 is 11.6 Å². The molecule has 30 heavy (non-hydrogen) atoms.